The lowest BCUT2D eigenvalue weighted by molar-refractivity contribution is -0.127. The highest BCUT2D eigenvalue weighted by molar-refractivity contribution is 5.79. The van der Waals surface area contributed by atoms with Gasteiger partial charge in [0.25, 0.3) is 0 Å². The molecule has 2 saturated carbocycles. The molecule has 0 radical (unpaired) electrons. The van der Waals surface area contributed by atoms with Crippen LogP contribution in [0.4, 0.5) is 0 Å². The van der Waals surface area contributed by atoms with Gasteiger partial charge < -0.3 is 11.1 Å². The second kappa shape index (κ2) is 5.82. The second-order valence-corrected chi connectivity index (χ2v) is 7.59. The molecule has 0 heterocycles. The Kier molecular flexibility index (Phi) is 4.54. The van der Waals surface area contributed by atoms with E-state index in [1.165, 1.54) is 19.3 Å². The number of hydrogen-bond donors (Lipinski definition) is 2. The molecule has 1 amide bonds. The molecule has 4 atom stereocenters. The molecule has 2 fully saturated rings. The highest BCUT2D eigenvalue weighted by atomic mass is 16.1. The molecule has 0 spiro atoms. The van der Waals surface area contributed by atoms with E-state index < -0.39 is 0 Å². The van der Waals surface area contributed by atoms with Gasteiger partial charge in [0.15, 0.2) is 0 Å². The fraction of sp³-hybridized carbons (Fsp3) is 0.938. The first-order chi connectivity index (χ1) is 8.87. The molecule has 4 unspecified atom stereocenters. The van der Waals surface area contributed by atoms with Crippen molar-refractivity contribution < 1.29 is 4.79 Å². The number of amides is 1. The van der Waals surface area contributed by atoms with Gasteiger partial charge in [-0.2, -0.15) is 0 Å². The first kappa shape index (κ1) is 14.8. The smallest absolute Gasteiger partial charge is 0.223 e. The largest absolute Gasteiger partial charge is 0.353 e. The summed E-state index contributed by atoms with van der Waals surface area (Å²) in [7, 11) is 0. The highest BCUT2D eigenvalue weighted by Crippen LogP contribution is 2.37. The van der Waals surface area contributed by atoms with E-state index in [4.69, 9.17) is 5.73 Å². The van der Waals surface area contributed by atoms with Crippen LogP contribution in [-0.4, -0.2) is 18.0 Å². The van der Waals surface area contributed by atoms with E-state index >= 15 is 0 Å². The molecule has 110 valence electrons. The van der Waals surface area contributed by atoms with E-state index in [0.717, 1.165) is 25.7 Å². The lowest BCUT2D eigenvalue weighted by Crippen LogP contribution is -2.41. The maximum atomic E-state index is 12.4. The van der Waals surface area contributed by atoms with Gasteiger partial charge in [-0.3, -0.25) is 4.79 Å². The first-order valence-corrected chi connectivity index (χ1v) is 7.93. The lowest BCUT2D eigenvalue weighted by Gasteiger charge is -2.31. The van der Waals surface area contributed by atoms with Gasteiger partial charge in [0, 0.05) is 18.0 Å². The molecule has 2 aliphatic rings. The Morgan fingerprint density at radius 2 is 2.05 bits per heavy atom. The number of carbonyl (C=O) groups is 1. The number of nitrogens with two attached hydrogens (primary N) is 1. The summed E-state index contributed by atoms with van der Waals surface area (Å²) in [5.41, 5.74) is 6.43. The van der Waals surface area contributed by atoms with Crippen LogP contribution < -0.4 is 11.1 Å². The third kappa shape index (κ3) is 3.95. The third-order valence-corrected chi connectivity index (χ3v) is 5.19. The van der Waals surface area contributed by atoms with Gasteiger partial charge in [-0.1, -0.05) is 27.2 Å². The monoisotopic (exact) mass is 266 g/mol. The summed E-state index contributed by atoms with van der Waals surface area (Å²) >= 11 is 0. The Morgan fingerprint density at radius 1 is 1.32 bits per heavy atom. The quantitative estimate of drug-likeness (QED) is 0.825. The van der Waals surface area contributed by atoms with Crippen LogP contribution >= 0.6 is 0 Å². The van der Waals surface area contributed by atoms with Crippen molar-refractivity contribution in [3.8, 4) is 0 Å². The van der Waals surface area contributed by atoms with Crippen molar-refractivity contribution >= 4 is 5.91 Å². The van der Waals surface area contributed by atoms with Crippen LogP contribution in [0.1, 0.15) is 65.7 Å². The predicted octanol–water partition coefficient (Wildman–Crippen LogP) is 2.83. The third-order valence-electron chi connectivity index (χ3n) is 5.19. The Balaban J connectivity index is 1.82. The van der Waals surface area contributed by atoms with Gasteiger partial charge in [-0.05, 0) is 49.9 Å². The average molecular weight is 266 g/mol. The van der Waals surface area contributed by atoms with Gasteiger partial charge in [-0.15, -0.1) is 0 Å². The van der Waals surface area contributed by atoms with Gasteiger partial charge in [-0.25, -0.2) is 0 Å². The van der Waals surface area contributed by atoms with Crippen molar-refractivity contribution in [2.24, 2.45) is 23.0 Å². The summed E-state index contributed by atoms with van der Waals surface area (Å²) in [5, 5.41) is 3.27. The van der Waals surface area contributed by atoms with Crippen LogP contribution in [0.2, 0.25) is 0 Å². The van der Waals surface area contributed by atoms with Crippen LogP contribution in [0.25, 0.3) is 0 Å². The fourth-order valence-electron chi connectivity index (χ4n) is 3.83. The normalized spacial score (nSPS) is 35.9. The molecule has 0 aromatic heterocycles. The van der Waals surface area contributed by atoms with Crippen LogP contribution in [0.3, 0.4) is 0 Å². The van der Waals surface area contributed by atoms with E-state index in [9.17, 15) is 4.79 Å². The van der Waals surface area contributed by atoms with E-state index in [2.05, 4.69) is 26.1 Å². The molecule has 0 saturated heterocycles. The average Bonchev–Trinajstić information content (AvgIpc) is 2.67. The molecule has 0 aliphatic heterocycles. The predicted molar refractivity (Wildman–Crippen MR) is 78.7 cm³/mol. The summed E-state index contributed by atoms with van der Waals surface area (Å²) in [4.78, 5) is 12.4. The summed E-state index contributed by atoms with van der Waals surface area (Å²) in [5.74, 6) is 0.857. The summed E-state index contributed by atoms with van der Waals surface area (Å²) in [6.07, 6.45) is 7.97. The highest BCUT2D eigenvalue weighted by Gasteiger charge is 2.34. The minimum Gasteiger partial charge on any atom is -0.353 e. The van der Waals surface area contributed by atoms with Crippen LogP contribution in [-0.2, 0) is 4.79 Å². The molecule has 3 N–H and O–H groups in total. The van der Waals surface area contributed by atoms with Gasteiger partial charge >= 0.3 is 0 Å². The summed E-state index contributed by atoms with van der Waals surface area (Å²) in [6.45, 7) is 6.67. The van der Waals surface area contributed by atoms with Crippen LogP contribution in [0.15, 0.2) is 0 Å². The first-order valence-electron chi connectivity index (χ1n) is 7.93. The van der Waals surface area contributed by atoms with Crippen LogP contribution in [0.5, 0.6) is 0 Å². The Bertz CT molecular complexity index is 327. The van der Waals surface area contributed by atoms with Crippen molar-refractivity contribution in [2.45, 2.75) is 77.8 Å². The molecule has 2 aliphatic carbocycles. The van der Waals surface area contributed by atoms with Crippen molar-refractivity contribution in [3.05, 3.63) is 0 Å². The number of hydrogen-bond acceptors (Lipinski definition) is 2. The van der Waals surface area contributed by atoms with E-state index in [1.807, 2.05) is 0 Å². The van der Waals surface area contributed by atoms with E-state index in [0.29, 0.717) is 23.4 Å². The molecule has 0 aromatic carbocycles. The van der Waals surface area contributed by atoms with Crippen molar-refractivity contribution in [1.29, 1.82) is 0 Å². The zero-order valence-electron chi connectivity index (χ0n) is 12.7. The standard InChI is InChI=1S/C16H30N2O/c1-11(12-5-4-6-13(17)9-12)15(19)18-14-7-8-16(2,3)10-14/h11-14H,4-10,17H2,1-3H3,(H,18,19). The molecule has 3 heteroatoms. The Morgan fingerprint density at radius 3 is 2.63 bits per heavy atom. The SMILES string of the molecule is CC(C(=O)NC1CCC(C)(C)C1)C1CCCC(N)C1. The van der Waals surface area contributed by atoms with Gasteiger partial charge in [0.1, 0.15) is 0 Å². The van der Waals surface area contributed by atoms with Crippen molar-refractivity contribution in [1.82, 2.24) is 5.32 Å². The maximum absolute atomic E-state index is 12.4. The number of nitrogens with one attached hydrogen (secondary N) is 1. The molecule has 0 bridgehead atoms. The maximum Gasteiger partial charge on any atom is 0.223 e. The summed E-state index contributed by atoms with van der Waals surface area (Å²) in [6, 6.07) is 0.696. The second-order valence-electron chi connectivity index (χ2n) is 7.59. The van der Waals surface area contributed by atoms with Crippen molar-refractivity contribution in [3.63, 3.8) is 0 Å². The van der Waals surface area contributed by atoms with E-state index in [1.54, 1.807) is 0 Å². The van der Waals surface area contributed by atoms with E-state index in [-0.39, 0.29) is 11.8 Å². The molecule has 2 rings (SSSR count). The number of carbonyl (C=O) groups excluding carboxylic acids is 1. The zero-order valence-corrected chi connectivity index (χ0v) is 12.7. The van der Waals surface area contributed by atoms with Gasteiger partial charge in [0.05, 0.1) is 0 Å². The lowest BCUT2D eigenvalue weighted by atomic mass is 9.78. The Hall–Kier alpha value is -0.570. The number of rotatable bonds is 3. The molecular formula is C16H30N2O. The summed E-state index contributed by atoms with van der Waals surface area (Å²) < 4.78 is 0. The zero-order chi connectivity index (χ0) is 14.0. The van der Waals surface area contributed by atoms with Crippen molar-refractivity contribution in [2.75, 3.05) is 0 Å². The molecule has 3 nitrogen and oxygen atoms in total. The van der Waals surface area contributed by atoms with Gasteiger partial charge in [0.2, 0.25) is 5.91 Å². The molecule has 19 heavy (non-hydrogen) atoms. The minimum absolute atomic E-state index is 0.120. The fourth-order valence-corrected chi connectivity index (χ4v) is 3.83. The Labute approximate surface area is 117 Å². The molecular weight excluding hydrogens is 236 g/mol. The minimum atomic E-state index is 0.120. The van der Waals surface area contributed by atoms with Crippen LogP contribution in [0, 0.1) is 17.3 Å². The molecule has 0 aromatic rings. The topological polar surface area (TPSA) is 55.1 Å².